The van der Waals surface area contributed by atoms with E-state index >= 15 is 0 Å². The van der Waals surface area contributed by atoms with E-state index in [4.69, 9.17) is 9.40 Å². The number of urea groups is 1. The molecular formula is C22H22N4O4S. The van der Waals surface area contributed by atoms with E-state index in [1.54, 1.807) is 35.3 Å². The van der Waals surface area contributed by atoms with E-state index in [0.29, 0.717) is 18.8 Å². The summed E-state index contributed by atoms with van der Waals surface area (Å²) in [6, 6.07) is 10.7. The summed E-state index contributed by atoms with van der Waals surface area (Å²) in [5, 5.41) is 3.68. The van der Waals surface area contributed by atoms with Gasteiger partial charge in [0.2, 0.25) is 5.91 Å². The van der Waals surface area contributed by atoms with Gasteiger partial charge in [0.1, 0.15) is 12.3 Å². The molecule has 0 aliphatic carbocycles. The summed E-state index contributed by atoms with van der Waals surface area (Å²) < 4.78 is 6.47. The van der Waals surface area contributed by atoms with Crippen LogP contribution in [0, 0.1) is 0 Å². The van der Waals surface area contributed by atoms with Gasteiger partial charge in [-0.15, -0.1) is 11.3 Å². The van der Waals surface area contributed by atoms with Crippen molar-refractivity contribution >= 4 is 39.4 Å². The maximum Gasteiger partial charge on any atom is 0.325 e. The van der Waals surface area contributed by atoms with Crippen molar-refractivity contribution in [3.05, 3.63) is 53.4 Å². The number of thiazole rings is 1. The number of amides is 4. The predicted molar refractivity (Wildman–Crippen MR) is 114 cm³/mol. The van der Waals surface area contributed by atoms with Gasteiger partial charge in [-0.25, -0.2) is 9.78 Å². The highest BCUT2D eigenvalue weighted by Crippen LogP contribution is 2.33. The fourth-order valence-electron chi connectivity index (χ4n) is 4.28. The van der Waals surface area contributed by atoms with Crippen molar-refractivity contribution in [3.8, 4) is 0 Å². The zero-order valence-corrected chi connectivity index (χ0v) is 17.9. The van der Waals surface area contributed by atoms with Crippen LogP contribution in [0.4, 0.5) is 4.79 Å². The Kier molecular flexibility index (Phi) is 4.77. The summed E-state index contributed by atoms with van der Waals surface area (Å²) in [5.41, 5.74) is -0.325. The molecule has 160 valence electrons. The first-order valence-electron chi connectivity index (χ1n) is 10.3. The lowest BCUT2D eigenvalue weighted by molar-refractivity contribution is -0.139. The summed E-state index contributed by atoms with van der Waals surface area (Å²) in [5.74, 6) is -0.222. The topological polar surface area (TPSA) is 95.8 Å². The summed E-state index contributed by atoms with van der Waals surface area (Å²) in [4.78, 5) is 45.9. The number of nitrogens with one attached hydrogen (secondary N) is 1. The zero-order valence-electron chi connectivity index (χ0n) is 17.0. The molecular weight excluding hydrogens is 416 g/mol. The average Bonchev–Trinajstić information content (AvgIpc) is 3.50. The molecule has 2 aliphatic rings. The molecule has 1 aromatic carbocycles. The first-order valence-corrected chi connectivity index (χ1v) is 11.1. The first-order chi connectivity index (χ1) is 15.0. The number of hydrogen-bond acceptors (Lipinski definition) is 6. The molecule has 9 heteroatoms. The van der Waals surface area contributed by atoms with Gasteiger partial charge >= 0.3 is 6.03 Å². The standard InChI is InChI=1S/C22H22N4O4S/c1-22(17-9-5-11-30-17)20(28)26(21(29)24-22)13-18(27)25-10-4-6-14(12-25)19-23-15-7-2-3-8-16(15)31-19/h2-3,5,7-9,11,14H,4,6,10,12-13H2,1H3,(H,24,29). The van der Waals surface area contributed by atoms with E-state index in [1.165, 1.54) is 6.26 Å². The number of nitrogens with zero attached hydrogens (tertiary/aromatic N) is 3. The normalized spacial score (nSPS) is 24.1. The van der Waals surface area contributed by atoms with Crippen LogP contribution in [0.5, 0.6) is 0 Å². The minimum absolute atomic E-state index is 0.159. The number of likely N-dealkylation sites (tertiary alicyclic amines) is 1. The van der Waals surface area contributed by atoms with Crippen molar-refractivity contribution in [1.29, 1.82) is 0 Å². The van der Waals surface area contributed by atoms with Crippen molar-refractivity contribution in [2.45, 2.75) is 31.2 Å². The highest BCUT2D eigenvalue weighted by Gasteiger charge is 2.51. The minimum Gasteiger partial charge on any atom is -0.466 e. The molecule has 2 unspecified atom stereocenters. The van der Waals surface area contributed by atoms with E-state index < -0.39 is 17.5 Å². The summed E-state index contributed by atoms with van der Waals surface area (Å²) in [6.45, 7) is 2.45. The molecule has 0 radical (unpaired) electrons. The van der Waals surface area contributed by atoms with E-state index in [0.717, 1.165) is 33.0 Å². The van der Waals surface area contributed by atoms with Crippen LogP contribution < -0.4 is 5.32 Å². The van der Waals surface area contributed by atoms with Gasteiger partial charge in [-0.1, -0.05) is 12.1 Å². The van der Waals surface area contributed by atoms with Gasteiger partial charge in [0.15, 0.2) is 5.54 Å². The van der Waals surface area contributed by atoms with E-state index in [-0.39, 0.29) is 18.4 Å². The number of carbonyl (C=O) groups excluding carboxylic acids is 3. The lowest BCUT2D eigenvalue weighted by Gasteiger charge is -2.32. The molecule has 2 saturated heterocycles. The van der Waals surface area contributed by atoms with Gasteiger partial charge in [0.25, 0.3) is 5.91 Å². The molecule has 8 nitrogen and oxygen atoms in total. The molecule has 0 spiro atoms. The smallest absolute Gasteiger partial charge is 0.325 e. The van der Waals surface area contributed by atoms with Crippen LogP contribution in [0.1, 0.15) is 36.5 Å². The molecule has 0 saturated carbocycles. The molecule has 4 heterocycles. The second-order valence-corrected chi connectivity index (χ2v) is 9.18. The zero-order chi connectivity index (χ0) is 21.6. The Bertz CT molecular complexity index is 1120. The lowest BCUT2D eigenvalue weighted by Crippen LogP contribution is -2.47. The molecule has 5 rings (SSSR count). The quantitative estimate of drug-likeness (QED) is 0.632. The Morgan fingerprint density at radius 3 is 2.90 bits per heavy atom. The van der Waals surface area contributed by atoms with Crippen LogP contribution in [0.2, 0.25) is 0 Å². The summed E-state index contributed by atoms with van der Waals surface area (Å²) in [6.07, 6.45) is 3.27. The molecule has 2 aromatic heterocycles. The Morgan fingerprint density at radius 2 is 2.13 bits per heavy atom. The fraction of sp³-hybridized carbons (Fsp3) is 0.364. The van der Waals surface area contributed by atoms with Crippen molar-refractivity contribution < 1.29 is 18.8 Å². The number of furan rings is 1. The van der Waals surface area contributed by atoms with Crippen molar-refractivity contribution in [1.82, 2.24) is 20.1 Å². The molecule has 0 bridgehead atoms. The third kappa shape index (κ3) is 3.38. The Morgan fingerprint density at radius 1 is 1.29 bits per heavy atom. The number of fused-ring (bicyclic) bond motifs is 1. The Balaban J connectivity index is 1.29. The second kappa shape index (κ2) is 7.49. The predicted octanol–water partition coefficient (Wildman–Crippen LogP) is 3.06. The summed E-state index contributed by atoms with van der Waals surface area (Å²) in [7, 11) is 0. The largest absolute Gasteiger partial charge is 0.466 e. The number of hydrogen-bond donors (Lipinski definition) is 1. The molecule has 4 amide bonds. The van der Waals surface area contributed by atoms with Gasteiger partial charge in [-0.2, -0.15) is 0 Å². The maximum atomic E-state index is 13.0. The summed E-state index contributed by atoms with van der Waals surface area (Å²) >= 11 is 1.66. The minimum atomic E-state index is -1.30. The van der Waals surface area contributed by atoms with Gasteiger partial charge in [-0.3, -0.25) is 14.5 Å². The van der Waals surface area contributed by atoms with E-state index in [2.05, 4.69) is 11.4 Å². The molecule has 2 aliphatic heterocycles. The number of carbonyl (C=O) groups is 3. The Hall–Kier alpha value is -3.20. The van der Waals surface area contributed by atoms with Crippen LogP contribution in [-0.4, -0.2) is 52.3 Å². The third-order valence-corrected chi connectivity index (χ3v) is 7.21. The van der Waals surface area contributed by atoms with Crippen LogP contribution in [0.15, 0.2) is 47.1 Å². The van der Waals surface area contributed by atoms with Crippen molar-refractivity contribution in [2.75, 3.05) is 19.6 Å². The SMILES string of the molecule is CC1(c2ccco2)NC(=O)N(CC(=O)N2CCCC(c3nc4ccccc4s3)C2)C1=O. The second-order valence-electron chi connectivity index (χ2n) is 8.12. The number of piperidine rings is 1. The first kappa shape index (κ1) is 19.7. The number of benzene rings is 1. The maximum absolute atomic E-state index is 13.0. The molecule has 31 heavy (non-hydrogen) atoms. The number of imide groups is 1. The lowest BCUT2D eigenvalue weighted by atomic mass is 9.98. The van der Waals surface area contributed by atoms with Gasteiger partial charge in [0, 0.05) is 19.0 Å². The Labute approximate surface area is 182 Å². The van der Waals surface area contributed by atoms with Crippen LogP contribution >= 0.6 is 11.3 Å². The monoisotopic (exact) mass is 438 g/mol. The van der Waals surface area contributed by atoms with Gasteiger partial charge in [0.05, 0.1) is 21.5 Å². The third-order valence-electron chi connectivity index (χ3n) is 6.02. The van der Waals surface area contributed by atoms with Gasteiger partial charge < -0.3 is 14.6 Å². The van der Waals surface area contributed by atoms with Crippen LogP contribution in [-0.2, 0) is 15.1 Å². The molecule has 1 N–H and O–H groups in total. The van der Waals surface area contributed by atoms with Crippen LogP contribution in [0.25, 0.3) is 10.2 Å². The van der Waals surface area contributed by atoms with Crippen molar-refractivity contribution in [2.24, 2.45) is 0 Å². The van der Waals surface area contributed by atoms with Gasteiger partial charge in [-0.05, 0) is 44.0 Å². The van der Waals surface area contributed by atoms with Crippen molar-refractivity contribution in [3.63, 3.8) is 0 Å². The molecule has 2 atom stereocenters. The highest BCUT2D eigenvalue weighted by molar-refractivity contribution is 7.18. The van der Waals surface area contributed by atoms with Crippen LogP contribution in [0.3, 0.4) is 0 Å². The van der Waals surface area contributed by atoms with E-state index in [1.807, 2.05) is 18.2 Å². The molecule has 3 aromatic rings. The highest BCUT2D eigenvalue weighted by atomic mass is 32.1. The number of aromatic nitrogens is 1. The number of para-hydroxylation sites is 1. The molecule has 2 fully saturated rings. The fourth-order valence-corrected chi connectivity index (χ4v) is 5.37. The number of rotatable bonds is 4. The average molecular weight is 439 g/mol. The van der Waals surface area contributed by atoms with E-state index in [9.17, 15) is 14.4 Å².